The lowest BCUT2D eigenvalue weighted by Gasteiger charge is -2.27. The zero-order valence-corrected chi connectivity index (χ0v) is 14.4. The topological polar surface area (TPSA) is 56.8 Å². The first kappa shape index (κ1) is 16.5. The van der Waals surface area contributed by atoms with Gasteiger partial charge in [-0.25, -0.2) is 0 Å². The molecule has 0 aliphatic carbocycles. The molecule has 5 nitrogen and oxygen atoms in total. The van der Waals surface area contributed by atoms with E-state index in [9.17, 15) is 4.79 Å². The molecule has 0 bridgehead atoms. The SMILES string of the molecule is COc1cc([C@H]2NC(=O)c3ccccc3O2)cc(Cl)c1OC(C)C. The van der Waals surface area contributed by atoms with E-state index in [1.807, 2.05) is 19.9 Å². The van der Waals surface area contributed by atoms with Crippen molar-refractivity contribution in [3.8, 4) is 17.2 Å². The summed E-state index contributed by atoms with van der Waals surface area (Å²) in [4.78, 5) is 12.2. The van der Waals surface area contributed by atoms with Crippen LogP contribution in [0.3, 0.4) is 0 Å². The van der Waals surface area contributed by atoms with Gasteiger partial charge in [-0.05, 0) is 38.1 Å². The molecular formula is C18H18ClNO4. The third-order valence-electron chi connectivity index (χ3n) is 3.55. The fraction of sp³-hybridized carbons (Fsp3) is 0.278. The van der Waals surface area contributed by atoms with Crippen LogP contribution in [0.2, 0.25) is 5.02 Å². The Labute approximate surface area is 145 Å². The number of carbonyl (C=O) groups excluding carboxylic acids is 1. The van der Waals surface area contributed by atoms with Crippen LogP contribution < -0.4 is 19.5 Å². The van der Waals surface area contributed by atoms with Crippen LogP contribution >= 0.6 is 11.6 Å². The van der Waals surface area contributed by atoms with E-state index >= 15 is 0 Å². The molecule has 0 saturated carbocycles. The average Bonchev–Trinajstić information content (AvgIpc) is 2.56. The van der Waals surface area contributed by atoms with Gasteiger partial charge < -0.3 is 19.5 Å². The first-order chi connectivity index (χ1) is 11.5. The normalized spacial score (nSPS) is 16.2. The molecule has 0 spiro atoms. The van der Waals surface area contributed by atoms with Crippen molar-refractivity contribution in [2.75, 3.05) is 7.11 Å². The standard InChI is InChI=1S/C18H18ClNO4/c1-10(2)23-16-13(19)8-11(9-15(16)22-3)18-20-17(21)12-6-4-5-7-14(12)24-18/h4-10,18H,1-3H3,(H,20,21)/t18-/m0/s1. The number of carbonyl (C=O) groups is 1. The van der Waals surface area contributed by atoms with Crippen LogP contribution in [0.4, 0.5) is 0 Å². The number of nitrogens with one attached hydrogen (secondary N) is 1. The van der Waals surface area contributed by atoms with Gasteiger partial charge >= 0.3 is 0 Å². The quantitative estimate of drug-likeness (QED) is 0.909. The van der Waals surface area contributed by atoms with Gasteiger partial charge in [0, 0.05) is 5.56 Å². The summed E-state index contributed by atoms with van der Waals surface area (Å²) in [6.07, 6.45) is -0.688. The van der Waals surface area contributed by atoms with Gasteiger partial charge in [-0.2, -0.15) is 0 Å². The number of methoxy groups -OCH3 is 1. The van der Waals surface area contributed by atoms with Crippen molar-refractivity contribution in [3.63, 3.8) is 0 Å². The lowest BCUT2D eigenvalue weighted by Crippen LogP contribution is -2.36. The Kier molecular flexibility index (Phi) is 4.53. The van der Waals surface area contributed by atoms with Gasteiger partial charge in [0.1, 0.15) is 5.75 Å². The van der Waals surface area contributed by atoms with Crippen LogP contribution in [0.15, 0.2) is 36.4 Å². The molecule has 0 radical (unpaired) electrons. The van der Waals surface area contributed by atoms with Gasteiger partial charge in [-0.3, -0.25) is 4.79 Å². The van der Waals surface area contributed by atoms with Gasteiger partial charge in [0.25, 0.3) is 5.91 Å². The predicted molar refractivity (Wildman–Crippen MR) is 91.0 cm³/mol. The van der Waals surface area contributed by atoms with E-state index in [1.54, 1.807) is 30.3 Å². The summed E-state index contributed by atoms with van der Waals surface area (Å²) in [6, 6.07) is 10.6. The Hall–Kier alpha value is -2.40. The second kappa shape index (κ2) is 6.61. The number of halogens is 1. The third-order valence-corrected chi connectivity index (χ3v) is 3.83. The summed E-state index contributed by atoms with van der Waals surface area (Å²) in [5.41, 5.74) is 1.18. The van der Waals surface area contributed by atoms with Crippen LogP contribution in [0.5, 0.6) is 17.2 Å². The van der Waals surface area contributed by atoms with Crippen molar-refractivity contribution in [2.24, 2.45) is 0 Å². The van der Waals surface area contributed by atoms with Crippen molar-refractivity contribution in [1.29, 1.82) is 0 Å². The second-order valence-electron chi connectivity index (χ2n) is 5.67. The first-order valence-electron chi connectivity index (χ1n) is 7.60. The Morgan fingerprint density at radius 1 is 1.25 bits per heavy atom. The maximum atomic E-state index is 12.2. The maximum absolute atomic E-state index is 12.2. The minimum absolute atomic E-state index is 0.0419. The molecule has 2 aromatic carbocycles. The Balaban J connectivity index is 1.96. The molecule has 1 heterocycles. The van der Waals surface area contributed by atoms with Gasteiger partial charge in [0.2, 0.25) is 0 Å². The lowest BCUT2D eigenvalue weighted by molar-refractivity contribution is 0.0755. The second-order valence-corrected chi connectivity index (χ2v) is 6.08. The van der Waals surface area contributed by atoms with Gasteiger partial charge in [0.05, 0.1) is 23.8 Å². The molecule has 126 valence electrons. The van der Waals surface area contributed by atoms with Crippen LogP contribution in [-0.2, 0) is 0 Å². The summed E-state index contributed by atoms with van der Waals surface area (Å²) < 4.78 is 17.0. The molecule has 6 heteroatoms. The molecule has 0 fully saturated rings. The molecule has 1 aliphatic rings. The molecule has 1 aliphatic heterocycles. The maximum Gasteiger partial charge on any atom is 0.258 e. The summed E-state index contributed by atoms with van der Waals surface area (Å²) in [7, 11) is 1.54. The van der Waals surface area contributed by atoms with Crippen LogP contribution in [0, 0.1) is 0 Å². The van der Waals surface area contributed by atoms with E-state index < -0.39 is 6.23 Å². The highest BCUT2D eigenvalue weighted by atomic mass is 35.5. The van der Waals surface area contributed by atoms with Crippen molar-refractivity contribution in [1.82, 2.24) is 5.32 Å². The molecule has 24 heavy (non-hydrogen) atoms. The van der Waals surface area contributed by atoms with E-state index in [-0.39, 0.29) is 12.0 Å². The van der Waals surface area contributed by atoms with Crippen molar-refractivity contribution in [3.05, 3.63) is 52.5 Å². The summed E-state index contributed by atoms with van der Waals surface area (Å²) in [5.74, 6) is 1.30. The van der Waals surface area contributed by atoms with Crippen LogP contribution in [0.25, 0.3) is 0 Å². The summed E-state index contributed by atoms with van der Waals surface area (Å²) >= 11 is 6.34. The molecule has 3 rings (SSSR count). The van der Waals surface area contributed by atoms with Crippen LogP contribution in [0.1, 0.15) is 36.0 Å². The zero-order chi connectivity index (χ0) is 17.3. The minimum Gasteiger partial charge on any atom is -0.493 e. The van der Waals surface area contributed by atoms with Crippen molar-refractivity contribution < 1.29 is 19.0 Å². The van der Waals surface area contributed by atoms with E-state index in [1.165, 1.54) is 7.11 Å². The first-order valence-corrected chi connectivity index (χ1v) is 7.98. The molecule has 0 unspecified atom stereocenters. The van der Waals surface area contributed by atoms with Crippen molar-refractivity contribution in [2.45, 2.75) is 26.2 Å². The van der Waals surface area contributed by atoms with Crippen molar-refractivity contribution >= 4 is 17.5 Å². The lowest BCUT2D eigenvalue weighted by atomic mass is 10.1. The molecule has 0 saturated heterocycles. The number of ether oxygens (including phenoxy) is 3. The predicted octanol–water partition coefficient (Wildman–Crippen LogP) is 3.96. The number of para-hydroxylation sites is 1. The highest BCUT2D eigenvalue weighted by Gasteiger charge is 2.28. The van der Waals surface area contributed by atoms with Gasteiger partial charge in [-0.15, -0.1) is 0 Å². The number of amides is 1. The molecule has 1 amide bonds. The smallest absolute Gasteiger partial charge is 0.258 e. The minimum atomic E-state index is -0.646. The molecule has 1 atom stereocenters. The number of rotatable bonds is 4. The highest BCUT2D eigenvalue weighted by Crippen LogP contribution is 2.40. The van der Waals surface area contributed by atoms with E-state index in [0.29, 0.717) is 33.4 Å². The Morgan fingerprint density at radius 3 is 2.71 bits per heavy atom. The summed E-state index contributed by atoms with van der Waals surface area (Å²) in [6.45, 7) is 3.82. The monoisotopic (exact) mass is 347 g/mol. The third kappa shape index (κ3) is 3.12. The van der Waals surface area contributed by atoms with Crippen LogP contribution in [-0.4, -0.2) is 19.1 Å². The fourth-order valence-electron chi connectivity index (χ4n) is 2.50. The number of hydrogen-bond acceptors (Lipinski definition) is 4. The largest absolute Gasteiger partial charge is 0.493 e. The van der Waals surface area contributed by atoms with E-state index in [0.717, 1.165) is 0 Å². The summed E-state index contributed by atoms with van der Waals surface area (Å²) in [5, 5.41) is 3.21. The van der Waals surface area contributed by atoms with Gasteiger partial charge in [-0.1, -0.05) is 23.7 Å². The van der Waals surface area contributed by atoms with Gasteiger partial charge in [0.15, 0.2) is 17.7 Å². The molecular weight excluding hydrogens is 330 g/mol. The highest BCUT2D eigenvalue weighted by molar-refractivity contribution is 6.32. The van der Waals surface area contributed by atoms with E-state index in [2.05, 4.69) is 5.32 Å². The fourth-order valence-corrected chi connectivity index (χ4v) is 2.77. The molecule has 0 aromatic heterocycles. The zero-order valence-electron chi connectivity index (χ0n) is 13.6. The average molecular weight is 348 g/mol. The molecule has 1 N–H and O–H groups in total. The molecule has 2 aromatic rings. The van der Waals surface area contributed by atoms with E-state index in [4.69, 9.17) is 25.8 Å². The number of benzene rings is 2. The Morgan fingerprint density at radius 2 is 2.00 bits per heavy atom. The number of hydrogen-bond donors (Lipinski definition) is 1. The Bertz CT molecular complexity index is 776. The number of fused-ring (bicyclic) bond motifs is 1.